The van der Waals surface area contributed by atoms with Crippen molar-refractivity contribution in [1.82, 2.24) is 9.88 Å². The fourth-order valence-corrected chi connectivity index (χ4v) is 2.55. The molecule has 5 heteroatoms. The molecular formula is C14H14N2O2S. The standard InChI is InChI=1S/C14H14N2O2S/c17-14(16-6-8-18-9-7-16)11-4-5-15-13-10(11)2-1-3-12(13)19/h1-5,19H,6-9H2. The normalized spacial score (nSPS) is 15.7. The second-order valence-electron chi connectivity index (χ2n) is 4.44. The van der Waals surface area contributed by atoms with Gasteiger partial charge in [0.25, 0.3) is 5.91 Å². The summed E-state index contributed by atoms with van der Waals surface area (Å²) in [7, 11) is 0. The third-order valence-corrected chi connectivity index (χ3v) is 3.64. The maximum atomic E-state index is 12.5. The number of morpholine rings is 1. The number of thiol groups is 1. The van der Waals surface area contributed by atoms with Crippen LogP contribution in [0.2, 0.25) is 0 Å². The summed E-state index contributed by atoms with van der Waals surface area (Å²) in [6.07, 6.45) is 1.66. The molecule has 19 heavy (non-hydrogen) atoms. The van der Waals surface area contributed by atoms with Gasteiger partial charge in [0.1, 0.15) is 0 Å². The minimum absolute atomic E-state index is 0.0367. The van der Waals surface area contributed by atoms with Gasteiger partial charge in [-0.15, -0.1) is 12.6 Å². The summed E-state index contributed by atoms with van der Waals surface area (Å²) in [4.78, 5) is 19.4. The molecule has 3 rings (SSSR count). The first-order valence-electron chi connectivity index (χ1n) is 6.21. The lowest BCUT2D eigenvalue weighted by molar-refractivity contribution is 0.0304. The topological polar surface area (TPSA) is 42.4 Å². The van der Waals surface area contributed by atoms with E-state index < -0.39 is 0 Å². The highest BCUT2D eigenvalue weighted by Gasteiger charge is 2.20. The molecule has 0 N–H and O–H groups in total. The number of hydrogen-bond donors (Lipinski definition) is 1. The molecule has 0 spiro atoms. The number of fused-ring (bicyclic) bond motifs is 1. The van der Waals surface area contributed by atoms with Crippen LogP contribution in [0.4, 0.5) is 0 Å². The monoisotopic (exact) mass is 274 g/mol. The van der Waals surface area contributed by atoms with E-state index in [4.69, 9.17) is 4.74 Å². The van der Waals surface area contributed by atoms with Crippen molar-refractivity contribution < 1.29 is 9.53 Å². The summed E-state index contributed by atoms with van der Waals surface area (Å²) >= 11 is 4.39. The number of para-hydroxylation sites is 1. The highest BCUT2D eigenvalue weighted by atomic mass is 32.1. The van der Waals surface area contributed by atoms with Crippen LogP contribution in [0.3, 0.4) is 0 Å². The number of carbonyl (C=O) groups excluding carboxylic acids is 1. The zero-order valence-electron chi connectivity index (χ0n) is 10.4. The van der Waals surface area contributed by atoms with Crippen molar-refractivity contribution in [3.05, 3.63) is 36.0 Å². The molecule has 0 radical (unpaired) electrons. The van der Waals surface area contributed by atoms with E-state index in [1.165, 1.54) is 0 Å². The van der Waals surface area contributed by atoms with Crippen LogP contribution in [-0.2, 0) is 4.74 Å². The van der Waals surface area contributed by atoms with E-state index in [1.54, 1.807) is 12.3 Å². The number of ether oxygens (including phenoxy) is 1. The highest BCUT2D eigenvalue weighted by molar-refractivity contribution is 7.80. The third-order valence-electron chi connectivity index (χ3n) is 3.28. The molecule has 0 saturated carbocycles. The van der Waals surface area contributed by atoms with Gasteiger partial charge in [0, 0.05) is 29.6 Å². The summed E-state index contributed by atoms with van der Waals surface area (Å²) in [5.41, 5.74) is 1.45. The number of hydrogen-bond acceptors (Lipinski definition) is 4. The van der Waals surface area contributed by atoms with Crippen LogP contribution in [0.1, 0.15) is 10.4 Å². The van der Waals surface area contributed by atoms with Gasteiger partial charge in [-0.25, -0.2) is 0 Å². The molecule has 2 aromatic rings. The molecule has 4 nitrogen and oxygen atoms in total. The Bertz CT molecular complexity index is 624. The Labute approximate surface area is 116 Å². The Balaban J connectivity index is 2.04. The van der Waals surface area contributed by atoms with Crippen molar-refractivity contribution in [1.29, 1.82) is 0 Å². The minimum Gasteiger partial charge on any atom is -0.378 e. The molecule has 1 saturated heterocycles. The molecule has 0 atom stereocenters. The zero-order chi connectivity index (χ0) is 13.2. The fourth-order valence-electron chi connectivity index (χ4n) is 2.28. The van der Waals surface area contributed by atoms with Crippen molar-refractivity contribution in [3.63, 3.8) is 0 Å². The minimum atomic E-state index is 0.0367. The van der Waals surface area contributed by atoms with E-state index in [1.807, 2.05) is 23.1 Å². The molecule has 1 aromatic carbocycles. The lowest BCUT2D eigenvalue weighted by Crippen LogP contribution is -2.40. The van der Waals surface area contributed by atoms with Gasteiger partial charge in [-0.3, -0.25) is 9.78 Å². The van der Waals surface area contributed by atoms with Crippen molar-refractivity contribution >= 4 is 29.4 Å². The Hall–Kier alpha value is -1.59. The number of aromatic nitrogens is 1. The molecule has 1 amide bonds. The first kappa shape index (κ1) is 12.4. The van der Waals surface area contributed by atoms with E-state index in [9.17, 15) is 4.79 Å². The van der Waals surface area contributed by atoms with Crippen LogP contribution < -0.4 is 0 Å². The number of nitrogens with zero attached hydrogens (tertiary/aromatic N) is 2. The van der Waals surface area contributed by atoms with Crippen LogP contribution in [0.5, 0.6) is 0 Å². The maximum Gasteiger partial charge on any atom is 0.254 e. The van der Waals surface area contributed by atoms with Crippen molar-refractivity contribution in [2.75, 3.05) is 26.3 Å². The van der Waals surface area contributed by atoms with Gasteiger partial charge in [0.2, 0.25) is 0 Å². The number of amides is 1. The molecule has 1 aliphatic heterocycles. The van der Waals surface area contributed by atoms with E-state index in [0.29, 0.717) is 31.9 Å². The van der Waals surface area contributed by atoms with E-state index in [0.717, 1.165) is 15.8 Å². The van der Waals surface area contributed by atoms with Gasteiger partial charge in [-0.1, -0.05) is 12.1 Å². The van der Waals surface area contributed by atoms with E-state index >= 15 is 0 Å². The maximum absolute atomic E-state index is 12.5. The number of rotatable bonds is 1. The van der Waals surface area contributed by atoms with Gasteiger partial charge in [0.05, 0.1) is 24.3 Å². The van der Waals surface area contributed by atoms with Crippen LogP contribution in [0.15, 0.2) is 35.4 Å². The van der Waals surface area contributed by atoms with Gasteiger partial charge in [0.15, 0.2) is 0 Å². The Kier molecular flexibility index (Phi) is 3.40. The summed E-state index contributed by atoms with van der Waals surface area (Å²) in [5.74, 6) is 0.0367. The summed E-state index contributed by atoms with van der Waals surface area (Å²) in [5, 5.41) is 0.853. The highest BCUT2D eigenvalue weighted by Crippen LogP contribution is 2.23. The quantitative estimate of drug-likeness (QED) is 0.809. The van der Waals surface area contributed by atoms with Gasteiger partial charge in [-0.05, 0) is 12.1 Å². The second kappa shape index (κ2) is 5.19. The number of carbonyl (C=O) groups is 1. The summed E-state index contributed by atoms with van der Waals surface area (Å²) in [6.45, 7) is 2.49. The van der Waals surface area contributed by atoms with E-state index in [-0.39, 0.29) is 5.91 Å². The average Bonchev–Trinajstić information content (AvgIpc) is 2.47. The van der Waals surface area contributed by atoms with Crippen LogP contribution >= 0.6 is 12.6 Å². The molecule has 1 aromatic heterocycles. The van der Waals surface area contributed by atoms with Gasteiger partial charge >= 0.3 is 0 Å². The molecule has 98 valence electrons. The average molecular weight is 274 g/mol. The molecule has 0 unspecified atom stereocenters. The lowest BCUT2D eigenvalue weighted by atomic mass is 10.1. The van der Waals surface area contributed by atoms with Gasteiger partial charge in [-0.2, -0.15) is 0 Å². The Morgan fingerprint density at radius 1 is 1.26 bits per heavy atom. The molecule has 1 fully saturated rings. The zero-order valence-corrected chi connectivity index (χ0v) is 11.3. The van der Waals surface area contributed by atoms with Crippen LogP contribution in [0, 0.1) is 0 Å². The SMILES string of the molecule is O=C(c1ccnc2c(S)cccc12)N1CCOCC1. The molecule has 2 heterocycles. The molecule has 0 aliphatic carbocycles. The van der Waals surface area contributed by atoms with Crippen LogP contribution in [0.25, 0.3) is 10.9 Å². The lowest BCUT2D eigenvalue weighted by Gasteiger charge is -2.27. The smallest absolute Gasteiger partial charge is 0.254 e. The predicted molar refractivity (Wildman–Crippen MR) is 75.7 cm³/mol. The van der Waals surface area contributed by atoms with E-state index in [2.05, 4.69) is 17.6 Å². The Morgan fingerprint density at radius 2 is 2.05 bits per heavy atom. The number of pyridine rings is 1. The van der Waals surface area contributed by atoms with Crippen molar-refractivity contribution in [3.8, 4) is 0 Å². The first-order chi connectivity index (χ1) is 9.27. The molecular weight excluding hydrogens is 260 g/mol. The summed E-state index contributed by atoms with van der Waals surface area (Å²) < 4.78 is 5.27. The molecule has 0 bridgehead atoms. The summed E-state index contributed by atoms with van der Waals surface area (Å²) in [6, 6.07) is 7.45. The largest absolute Gasteiger partial charge is 0.378 e. The fraction of sp³-hybridized carbons (Fsp3) is 0.286. The second-order valence-corrected chi connectivity index (χ2v) is 4.92. The first-order valence-corrected chi connectivity index (χ1v) is 6.66. The molecule has 1 aliphatic rings. The Morgan fingerprint density at radius 3 is 2.84 bits per heavy atom. The van der Waals surface area contributed by atoms with Gasteiger partial charge < -0.3 is 9.64 Å². The third kappa shape index (κ3) is 2.31. The number of benzene rings is 1. The predicted octanol–water partition coefficient (Wildman–Crippen LogP) is 2.00. The van der Waals surface area contributed by atoms with Crippen LogP contribution in [-0.4, -0.2) is 42.1 Å². The van der Waals surface area contributed by atoms with Crippen molar-refractivity contribution in [2.24, 2.45) is 0 Å². The van der Waals surface area contributed by atoms with Crippen molar-refractivity contribution in [2.45, 2.75) is 4.90 Å².